The molecule has 0 amide bonds. The maximum Gasteiger partial charge on any atom is 0.242 e. The Morgan fingerprint density at radius 2 is 2.20 bits per heavy atom. The van der Waals surface area contributed by atoms with Gasteiger partial charge >= 0.3 is 0 Å². The number of H-pyrrole nitrogens is 1. The average Bonchev–Trinajstić information content (AvgIpc) is 3.05. The van der Waals surface area contributed by atoms with E-state index < -0.39 is 10.0 Å². The zero-order valence-electron chi connectivity index (χ0n) is 11.4. The van der Waals surface area contributed by atoms with Crippen molar-refractivity contribution in [2.24, 2.45) is 0 Å². The molecule has 0 aromatic carbocycles. The second-order valence-electron chi connectivity index (χ2n) is 4.70. The van der Waals surface area contributed by atoms with Gasteiger partial charge in [0.05, 0.1) is 17.6 Å². The Hall–Kier alpha value is -1.64. The Labute approximate surface area is 117 Å². The van der Waals surface area contributed by atoms with Crippen molar-refractivity contribution >= 4 is 10.0 Å². The van der Waals surface area contributed by atoms with Crippen molar-refractivity contribution < 1.29 is 12.9 Å². The number of rotatable bonds is 7. The standard InChI is InChI=1S/C12H18N4O3S/c1-9(2)13-6-10-5-12(8-14-10)20(17,18)16-7-11-3-4-15-19-11/h3-5,8-9,13-14,16H,6-7H2,1-2H3. The van der Waals surface area contributed by atoms with E-state index in [9.17, 15) is 8.42 Å². The van der Waals surface area contributed by atoms with Crippen LogP contribution in [-0.2, 0) is 23.1 Å². The van der Waals surface area contributed by atoms with Crippen LogP contribution in [0.2, 0.25) is 0 Å². The Bertz CT molecular complexity index is 631. The monoisotopic (exact) mass is 298 g/mol. The van der Waals surface area contributed by atoms with Crippen LogP contribution in [0.4, 0.5) is 0 Å². The maximum atomic E-state index is 12.1. The van der Waals surface area contributed by atoms with Crippen molar-refractivity contribution in [2.75, 3.05) is 0 Å². The second-order valence-corrected chi connectivity index (χ2v) is 6.47. The lowest BCUT2D eigenvalue weighted by atomic mass is 10.3. The van der Waals surface area contributed by atoms with Gasteiger partial charge in [-0.3, -0.25) is 0 Å². The molecule has 0 aliphatic carbocycles. The minimum atomic E-state index is -3.55. The van der Waals surface area contributed by atoms with Gasteiger partial charge in [0.1, 0.15) is 0 Å². The number of sulfonamides is 1. The van der Waals surface area contributed by atoms with Gasteiger partial charge in [-0.25, -0.2) is 13.1 Å². The highest BCUT2D eigenvalue weighted by Crippen LogP contribution is 2.11. The molecule has 0 atom stereocenters. The van der Waals surface area contributed by atoms with Gasteiger partial charge < -0.3 is 14.8 Å². The van der Waals surface area contributed by atoms with Gasteiger partial charge in [0.2, 0.25) is 10.0 Å². The summed E-state index contributed by atoms with van der Waals surface area (Å²) in [5.74, 6) is 0.464. The highest BCUT2D eigenvalue weighted by molar-refractivity contribution is 7.89. The zero-order valence-corrected chi connectivity index (χ0v) is 12.2. The molecule has 2 aromatic heterocycles. The number of hydrogen-bond donors (Lipinski definition) is 3. The maximum absolute atomic E-state index is 12.1. The van der Waals surface area contributed by atoms with E-state index in [2.05, 4.69) is 20.2 Å². The quantitative estimate of drug-likeness (QED) is 0.707. The number of nitrogens with one attached hydrogen (secondary N) is 3. The number of hydrogen-bond acceptors (Lipinski definition) is 5. The average molecular weight is 298 g/mol. The number of aromatic nitrogens is 2. The van der Waals surface area contributed by atoms with E-state index in [4.69, 9.17) is 4.52 Å². The van der Waals surface area contributed by atoms with Crippen molar-refractivity contribution in [3.63, 3.8) is 0 Å². The lowest BCUT2D eigenvalue weighted by molar-refractivity contribution is 0.380. The van der Waals surface area contributed by atoms with Crippen molar-refractivity contribution in [1.82, 2.24) is 20.2 Å². The topological polar surface area (TPSA) is 100 Å². The van der Waals surface area contributed by atoms with Crippen molar-refractivity contribution in [3.8, 4) is 0 Å². The van der Waals surface area contributed by atoms with Crippen LogP contribution < -0.4 is 10.0 Å². The Morgan fingerprint density at radius 1 is 1.40 bits per heavy atom. The third kappa shape index (κ3) is 3.92. The lowest BCUT2D eigenvalue weighted by Gasteiger charge is -2.05. The molecule has 2 rings (SSSR count). The van der Waals surface area contributed by atoms with Crippen LogP contribution in [0.5, 0.6) is 0 Å². The van der Waals surface area contributed by atoms with Crippen LogP contribution in [0, 0.1) is 0 Å². The first-order valence-electron chi connectivity index (χ1n) is 6.27. The molecule has 0 aliphatic heterocycles. The SMILES string of the molecule is CC(C)NCc1cc(S(=O)(=O)NCc2ccno2)c[nH]1. The van der Waals surface area contributed by atoms with Crippen molar-refractivity contribution in [2.45, 2.75) is 37.9 Å². The van der Waals surface area contributed by atoms with E-state index >= 15 is 0 Å². The minimum absolute atomic E-state index is 0.0765. The van der Waals surface area contributed by atoms with E-state index in [1.165, 1.54) is 12.4 Å². The van der Waals surface area contributed by atoms with Gasteiger partial charge in [0.25, 0.3) is 0 Å². The molecule has 0 saturated heterocycles. The van der Waals surface area contributed by atoms with Crippen molar-refractivity contribution in [3.05, 3.63) is 36.0 Å². The molecule has 0 radical (unpaired) electrons. The molecule has 2 heterocycles. The summed E-state index contributed by atoms with van der Waals surface area (Å²) in [5, 5.41) is 6.73. The molecular weight excluding hydrogens is 280 g/mol. The summed E-state index contributed by atoms with van der Waals surface area (Å²) in [4.78, 5) is 3.15. The molecule has 2 aromatic rings. The summed E-state index contributed by atoms with van der Waals surface area (Å²) in [6, 6.07) is 3.55. The smallest absolute Gasteiger partial charge is 0.242 e. The fraction of sp³-hybridized carbons (Fsp3) is 0.417. The number of aromatic amines is 1. The highest BCUT2D eigenvalue weighted by atomic mass is 32.2. The minimum Gasteiger partial charge on any atom is -0.363 e. The summed E-state index contributed by atoms with van der Waals surface area (Å²) in [5.41, 5.74) is 0.818. The molecule has 7 nitrogen and oxygen atoms in total. The van der Waals surface area contributed by atoms with Crippen LogP contribution in [0.15, 0.2) is 33.9 Å². The third-order valence-electron chi connectivity index (χ3n) is 2.66. The molecule has 0 unspecified atom stereocenters. The molecule has 0 fully saturated rings. The van der Waals surface area contributed by atoms with Crippen LogP contribution in [0.1, 0.15) is 25.3 Å². The molecular formula is C12H18N4O3S. The van der Waals surface area contributed by atoms with Gasteiger partial charge in [-0.15, -0.1) is 0 Å². The van der Waals surface area contributed by atoms with Crippen LogP contribution in [0.3, 0.4) is 0 Å². The summed E-state index contributed by atoms with van der Waals surface area (Å²) < 4.78 is 31.4. The fourth-order valence-electron chi connectivity index (χ4n) is 1.57. The first-order valence-corrected chi connectivity index (χ1v) is 7.75. The molecule has 110 valence electrons. The van der Waals surface area contributed by atoms with Crippen LogP contribution >= 0.6 is 0 Å². The lowest BCUT2D eigenvalue weighted by Crippen LogP contribution is -2.23. The Balaban J connectivity index is 1.98. The van der Waals surface area contributed by atoms with Gasteiger partial charge in [0, 0.05) is 30.5 Å². The Kier molecular flexibility index (Phi) is 4.58. The van der Waals surface area contributed by atoms with Crippen LogP contribution in [-0.4, -0.2) is 24.6 Å². The van der Waals surface area contributed by atoms with Gasteiger partial charge in [-0.2, -0.15) is 0 Å². The highest BCUT2D eigenvalue weighted by Gasteiger charge is 2.16. The zero-order chi connectivity index (χ0) is 14.6. The van der Waals surface area contributed by atoms with E-state index in [0.717, 1.165) is 5.69 Å². The molecule has 3 N–H and O–H groups in total. The third-order valence-corrected chi connectivity index (χ3v) is 4.04. The van der Waals surface area contributed by atoms with E-state index in [-0.39, 0.29) is 11.4 Å². The normalized spacial score (nSPS) is 12.2. The van der Waals surface area contributed by atoms with E-state index in [1.54, 1.807) is 12.1 Å². The summed E-state index contributed by atoms with van der Waals surface area (Å²) >= 11 is 0. The predicted molar refractivity (Wildman–Crippen MR) is 73.3 cm³/mol. The summed E-state index contributed by atoms with van der Waals surface area (Å²) in [6.45, 7) is 4.72. The molecule has 0 bridgehead atoms. The van der Waals surface area contributed by atoms with E-state index in [0.29, 0.717) is 18.3 Å². The molecule has 0 aliphatic rings. The molecule has 0 saturated carbocycles. The molecule has 8 heteroatoms. The molecule has 20 heavy (non-hydrogen) atoms. The Morgan fingerprint density at radius 3 is 2.85 bits per heavy atom. The number of nitrogens with zero attached hydrogens (tertiary/aromatic N) is 1. The van der Waals surface area contributed by atoms with Crippen molar-refractivity contribution in [1.29, 1.82) is 0 Å². The predicted octanol–water partition coefficient (Wildman–Crippen LogP) is 0.979. The summed E-state index contributed by atoms with van der Waals surface area (Å²) in [7, 11) is -3.55. The van der Waals surface area contributed by atoms with Gasteiger partial charge in [-0.1, -0.05) is 19.0 Å². The first kappa shape index (κ1) is 14.8. The first-order chi connectivity index (χ1) is 9.47. The van der Waals surface area contributed by atoms with Crippen LogP contribution in [0.25, 0.3) is 0 Å². The molecule has 0 spiro atoms. The van der Waals surface area contributed by atoms with Gasteiger partial charge in [-0.05, 0) is 6.07 Å². The largest absolute Gasteiger partial charge is 0.363 e. The fourth-order valence-corrected chi connectivity index (χ4v) is 2.58. The van der Waals surface area contributed by atoms with E-state index in [1.807, 2.05) is 13.8 Å². The summed E-state index contributed by atoms with van der Waals surface area (Å²) in [6.07, 6.45) is 2.94. The van der Waals surface area contributed by atoms with Gasteiger partial charge in [0.15, 0.2) is 5.76 Å². The second kappa shape index (κ2) is 6.21.